The molecule has 1 aromatic heterocycles. The maximum atomic E-state index is 12.5. The normalized spacial score (nSPS) is 22.0. The predicted octanol–water partition coefficient (Wildman–Crippen LogP) is 4.33. The summed E-state index contributed by atoms with van der Waals surface area (Å²) in [5, 5.41) is 3.22. The maximum Gasteiger partial charge on any atom is 0.261 e. The Morgan fingerprint density at radius 1 is 1.41 bits per heavy atom. The minimum absolute atomic E-state index is 0.0861. The van der Waals surface area contributed by atoms with Gasteiger partial charge in [-0.25, -0.2) is 0 Å². The first-order chi connectivity index (χ1) is 10.6. The summed E-state index contributed by atoms with van der Waals surface area (Å²) in [6.07, 6.45) is 5.45. The van der Waals surface area contributed by atoms with Crippen LogP contribution in [0.3, 0.4) is 0 Å². The molecule has 1 amide bonds. The number of thiophene rings is 1. The van der Waals surface area contributed by atoms with Gasteiger partial charge in [0.15, 0.2) is 0 Å². The fourth-order valence-electron chi connectivity index (χ4n) is 3.34. The van der Waals surface area contributed by atoms with E-state index in [2.05, 4.69) is 33.0 Å². The fourth-order valence-corrected chi connectivity index (χ4v) is 4.36. The molecule has 1 aliphatic heterocycles. The van der Waals surface area contributed by atoms with Crippen LogP contribution in [0.1, 0.15) is 66.6 Å². The Balaban J connectivity index is 1.95. The monoisotopic (exact) mass is 323 g/mol. The lowest BCUT2D eigenvalue weighted by Crippen LogP contribution is -2.43. The number of nitrogens with one attached hydrogen (secondary N) is 1. The zero-order chi connectivity index (χ0) is 16.1. The molecule has 1 aliphatic rings. The molecule has 1 aromatic rings. The summed E-state index contributed by atoms with van der Waals surface area (Å²) in [6.45, 7) is 9.43. The second-order valence-corrected chi connectivity index (χ2v) is 7.48. The van der Waals surface area contributed by atoms with Crippen LogP contribution in [-0.4, -0.2) is 24.7 Å². The van der Waals surface area contributed by atoms with Crippen LogP contribution in [0.4, 0.5) is 0 Å². The van der Waals surface area contributed by atoms with Crippen LogP contribution in [0, 0.1) is 12.8 Å². The Labute approximate surface area is 138 Å². The number of ether oxygens (including phenoxy) is 1. The molecule has 0 aromatic carbocycles. The van der Waals surface area contributed by atoms with Crippen LogP contribution in [0.25, 0.3) is 0 Å². The molecule has 1 fully saturated rings. The zero-order valence-corrected chi connectivity index (χ0v) is 15.1. The number of hydrogen-bond acceptors (Lipinski definition) is 3. The van der Waals surface area contributed by atoms with E-state index >= 15 is 0 Å². The molecule has 0 saturated carbocycles. The van der Waals surface area contributed by atoms with Crippen molar-refractivity contribution in [2.45, 2.75) is 71.9 Å². The molecule has 0 spiro atoms. The van der Waals surface area contributed by atoms with Crippen molar-refractivity contribution in [1.82, 2.24) is 5.32 Å². The third-order valence-corrected chi connectivity index (χ3v) is 5.94. The summed E-state index contributed by atoms with van der Waals surface area (Å²) in [7, 11) is 0. The summed E-state index contributed by atoms with van der Waals surface area (Å²) in [4.78, 5) is 14.6. The van der Waals surface area contributed by atoms with Gasteiger partial charge in [0, 0.05) is 17.5 Å². The average molecular weight is 324 g/mol. The van der Waals surface area contributed by atoms with E-state index in [1.807, 2.05) is 6.07 Å². The zero-order valence-electron chi connectivity index (χ0n) is 14.3. The number of rotatable bonds is 6. The molecule has 3 nitrogen and oxygen atoms in total. The van der Waals surface area contributed by atoms with Gasteiger partial charge in [-0.1, -0.05) is 33.6 Å². The van der Waals surface area contributed by atoms with Gasteiger partial charge < -0.3 is 10.1 Å². The molecule has 1 N–H and O–H groups in total. The lowest BCUT2D eigenvalue weighted by atomic mass is 9.89. The Morgan fingerprint density at radius 2 is 2.14 bits per heavy atom. The number of hydrogen-bond donors (Lipinski definition) is 1. The van der Waals surface area contributed by atoms with E-state index in [0.29, 0.717) is 12.0 Å². The maximum absolute atomic E-state index is 12.5. The molecule has 2 rings (SSSR count). The topological polar surface area (TPSA) is 38.3 Å². The van der Waals surface area contributed by atoms with Crippen LogP contribution in [-0.2, 0) is 11.2 Å². The van der Waals surface area contributed by atoms with E-state index in [-0.39, 0.29) is 11.9 Å². The summed E-state index contributed by atoms with van der Waals surface area (Å²) in [5.41, 5.74) is 1.29. The molecule has 0 unspecified atom stereocenters. The van der Waals surface area contributed by atoms with Gasteiger partial charge in [-0.05, 0) is 43.7 Å². The van der Waals surface area contributed by atoms with Gasteiger partial charge in [-0.2, -0.15) is 0 Å². The lowest BCUT2D eigenvalue weighted by Gasteiger charge is -2.34. The summed E-state index contributed by atoms with van der Waals surface area (Å²) < 4.78 is 5.93. The Bertz CT molecular complexity index is 493. The van der Waals surface area contributed by atoms with E-state index < -0.39 is 0 Å². The Morgan fingerprint density at radius 3 is 2.73 bits per heavy atom. The number of carbonyl (C=O) groups is 1. The van der Waals surface area contributed by atoms with Gasteiger partial charge in [0.1, 0.15) is 0 Å². The summed E-state index contributed by atoms with van der Waals surface area (Å²) in [5.74, 6) is 0.693. The minimum atomic E-state index is 0.0861. The molecule has 0 bridgehead atoms. The van der Waals surface area contributed by atoms with Crippen LogP contribution < -0.4 is 5.32 Å². The summed E-state index contributed by atoms with van der Waals surface area (Å²) in [6, 6.07) is 2.30. The highest BCUT2D eigenvalue weighted by Crippen LogP contribution is 2.26. The van der Waals surface area contributed by atoms with Crippen molar-refractivity contribution in [3.63, 3.8) is 0 Å². The molecule has 0 radical (unpaired) electrons. The van der Waals surface area contributed by atoms with Crippen LogP contribution in [0.5, 0.6) is 0 Å². The first-order valence-corrected chi connectivity index (χ1v) is 9.42. The standard InChI is InChI=1S/C18H29NO2S/c1-5-13(6-2)16-11-15(8-9-21-16)19-18(20)17-10-14(7-3)12(4)22-17/h10,13,15-16H,5-9,11H2,1-4H3,(H,19,20)/t15-,16-/m1/s1. The first kappa shape index (κ1) is 17.5. The highest BCUT2D eigenvalue weighted by molar-refractivity contribution is 7.14. The largest absolute Gasteiger partial charge is 0.378 e. The molecule has 1 saturated heterocycles. The van der Waals surface area contributed by atoms with Gasteiger partial charge in [0.05, 0.1) is 11.0 Å². The van der Waals surface area contributed by atoms with Crippen LogP contribution >= 0.6 is 11.3 Å². The predicted molar refractivity (Wildman–Crippen MR) is 92.7 cm³/mol. The van der Waals surface area contributed by atoms with Crippen molar-refractivity contribution in [3.05, 3.63) is 21.4 Å². The van der Waals surface area contributed by atoms with Gasteiger partial charge in [0.2, 0.25) is 0 Å². The van der Waals surface area contributed by atoms with E-state index in [1.165, 1.54) is 10.4 Å². The molecule has 124 valence electrons. The molecule has 4 heteroatoms. The van der Waals surface area contributed by atoms with Crippen molar-refractivity contribution in [3.8, 4) is 0 Å². The van der Waals surface area contributed by atoms with E-state index in [0.717, 1.165) is 43.6 Å². The molecule has 0 aliphatic carbocycles. The average Bonchev–Trinajstić information content (AvgIpc) is 2.90. The molecular formula is C18H29NO2S. The van der Waals surface area contributed by atoms with Gasteiger partial charge in [0.25, 0.3) is 5.91 Å². The van der Waals surface area contributed by atoms with E-state index in [1.54, 1.807) is 11.3 Å². The third kappa shape index (κ3) is 4.11. The highest BCUT2D eigenvalue weighted by atomic mass is 32.1. The molecule has 2 heterocycles. The van der Waals surface area contributed by atoms with Gasteiger partial charge in [-0.3, -0.25) is 4.79 Å². The third-order valence-electron chi connectivity index (χ3n) is 4.85. The lowest BCUT2D eigenvalue weighted by molar-refractivity contribution is -0.0337. The van der Waals surface area contributed by atoms with Crippen molar-refractivity contribution in [1.29, 1.82) is 0 Å². The van der Waals surface area contributed by atoms with Crippen LogP contribution in [0.15, 0.2) is 6.07 Å². The molecule has 22 heavy (non-hydrogen) atoms. The number of aryl methyl sites for hydroxylation is 2. The molecular weight excluding hydrogens is 294 g/mol. The second-order valence-electron chi connectivity index (χ2n) is 6.23. The van der Waals surface area contributed by atoms with Crippen molar-refractivity contribution < 1.29 is 9.53 Å². The smallest absolute Gasteiger partial charge is 0.261 e. The molecule has 2 atom stereocenters. The SMILES string of the molecule is CCc1cc(C(=O)N[C@@H]2CCO[C@@H](C(CC)CC)C2)sc1C. The van der Waals surface area contributed by atoms with E-state index in [9.17, 15) is 4.79 Å². The van der Waals surface area contributed by atoms with Crippen molar-refractivity contribution >= 4 is 17.2 Å². The Hall–Kier alpha value is -0.870. The van der Waals surface area contributed by atoms with Gasteiger partial charge >= 0.3 is 0 Å². The van der Waals surface area contributed by atoms with Gasteiger partial charge in [-0.15, -0.1) is 11.3 Å². The van der Waals surface area contributed by atoms with E-state index in [4.69, 9.17) is 4.74 Å². The first-order valence-electron chi connectivity index (χ1n) is 8.60. The Kier molecular flexibility index (Phi) is 6.45. The minimum Gasteiger partial charge on any atom is -0.378 e. The number of carbonyl (C=O) groups excluding carboxylic acids is 1. The van der Waals surface area contributed by atoms with Crippen molar-refractivity contribution in [2.75, 3.05) is 6.61 Å². The highest BCUT2D eigenvalue weighted by Gasteiger charge is 2.28. The summed E-state index contributed by atoms with van der Waals surface area (Å²) >= 11 is 1.61. The second kappa shape index (κ2) is 8.11. The fraction of sp³-hybridized carbons (Fsp3) is 0.722. The van der Waals surface area contributed by atoms with Crippen LogP contribution in [0.2, 0.25) is 0 Å². The van der Waals surface area contributed by atoms with Crippen molar-refractivity contribution in [2.24, 2.45) is 5.92 Å². The quantitative estimate of drug-likeness (QED) is 0.846. The number of amides is 1.